The van der Waals surface area contributed by atoms with E-state index in [-0.39, 0.29) is 0 Å². The highest BCUT2D eigenvalue weighted by molar-refractivity contribution is 9.10. The fourth-order valence-corrected chi connectivity index (χ4v) is 3.38. The molecule has 0 radical (unpaired) electrons. The summed E-state index contributed by atoms with van der Waals surface area (Å²) in [5.74, 6) is 6.34. The van der Waals surface area contributed by atoms with Gasteiger partial charge in [0, 0.05) is 17.5 Å². The fraction of sp³-hybridized carbons (Fsp3) is 0.118. The van der Waals surface area contributed by atoms with Crippen LogP contribution in [0.25, 0.3) is 17.2 Å². The molecule has 0 aliphatic carbocycles. The molecule has 0 saturated carbocycles. The van der Waals surface area contributed by atoms with Gasteiger partial charge in [0.05, 0.1) is 10.2 Å². The van der Waals surface area contributed by atoms with Gasteiger partial charge >= 0.3 is 0 Å². The van der Waals surface area contributed by atoms with Crippen LogP contribution in [0, 0.1) is 11.8 Å². The van der Waals surface area contributed by atoms with E-state index in [0.717, 1.165) is 10.2 Å². The maximum atomic E-state index is 6.14. The molecule has 0 aliphatic heterocycles. The highest BCUT2D eigenvalue weighted by Crippen LogP contribution is 2.36. The summed E-state index contributed by atoms with van der Waals surface area (Å²) in [5.41, 5.74) is 2.17. The Morgan fingerprint density at radius 3 is 3.13 bits per heavy atom. The number of allylic oxidation sites excluding steroid dienone is 1. The number of pyridine rings is 1. The van der Waals surface area contributed by atoms with E-state index in [2.05, 4.69) is 44.1 Å². The molecule has 0 bridgehead atoms. The van der Waals surface area contributed by atoms with Gasteiger partial charge in [0.1, 0.15) is 16.4 Å². The maximum absolute atomic E-state index is 6.14. The number of anilines is 1. The van der Waals surface area contributed by atoms with E-state index >= 15 is 0 Å². The molecule has 0 aliphatic rings. The SMILES string of the molecule is CC#C/C=C\c1oc2c(NCc3cccs3)cc(Cl)nc2c1Br. The van der Waals surface area contributed by atoms with Gasteiger partial charge in [-0.05, 0) is 46.5 Å². The summed E-state index contributed by atoms with van der Waals surface area (Å²) in [5, 5.41) is 5.82. The van der Waals surface area contributed by atoms with Crippen molar-refractivity contribution in [2.24, 2.45) is 0 Å². The molecule has 0 atom stereocenters. The lowest BCUT2D eigenvalue weighted by atomic mass is 10.3. The van der Waals surface area contributed by atoms with E-state index in [1.807, 2.05) is 11.4 Å². The third-order valence-corrected chi connectivity index (χ3v) is 4.91. The van der Waals surface area contributed by atoms with Crippen molar-refractivity contribution < 1.29 is 4.42 Å². The minimum absolute atomic E-state index is 0.413. The predicted molar refractivity (Wildman–Crippen MR) is 101 cm³/mol. The molecule has 0 spiro atoms. The van der Waals surface area contributed by atoms with Gasteiger partial charge in [-0.15, -0.1) is 17.3 Å². The van der Waals surface area contributed by atoms with Gasteiger partial charge in [0.2, 0.25) is 0 Å². The molecule has 6 heteroatoms. The molecule has 3 aromatic rings. The Hall–Kier alpha value is -1.74. The zero-order valence-electron chi connectivity index (χ0n) is 12.2. The smallest absolute Gasteiger partial charge is 0.177 e. The summed E-state index contributed by atoms with van der Waals surface area (Å²) in [6.07, 6.45) is 3.54. The van der Waals surface area contributed by atoms with E-state index in [1.165, 1.54) is 4.88 Å². The summed E-state index contributed by atoms with van der Waals surface area (Å²) in [4.78, 5) is 5.58. The van der Waals surface area contributed by atoms with Crippen LogP contribution in [0.1, 0.15) is 17.6 Å². The molecular weight excluding hydrogens is 396 g/mol. The average Bonchev–Trinajstić information content (AvgIpc) is 3.15. The number of nitrogens with zero attached hydrogens (tertiary/aromatic N) is 1. The highest BCUT2D eigenvalue weighted by atomic mass is 79.9. The van der Waals surface area contributed by atoms with Crippen LogP contribution in [0.15, 0.2) is 38.5 Å². The number of rotatable bonds is 4. The van der Waals surface area contributed by atoms with E-state index < -0.39 is 0 Å². The Balaban J connectivity index is 1.99. The van der Waals surface area contributed by atoms with Crippen molar-refractivity contribution in [2.45, 2.75) is 13.5 Å². The van der Waals surface area contributed by atoms with Gasteiger partial charge < -0.3 is 9.73 Å². The van der Waals surface area contributed by atoms with Crippen molar-refractivity contribution in [3.63, 3.8) is 0 Å². The zero-order chi connectivity index (χ0) is 16.2. The number of hydrogen-bond donors (Lipinski definition) is 1. The van der Waals surface area contributed by atoms with Gasteiger partial charge in [-0.3, -0.25) is 0 Å². The molecule has 3 heterocycles. The molecule has 0 fully saturated rings. The number of hydrogen-bond acceptors (Lipinski definition) is 4. The molecule has 116 valence electrons. The predicted octanol–water partition coefficient (Wildman–Crippen LogP) is 5.95. The van der Waals surface area contributed by atoms with Crippen LogP contribution in [0.3, 0.4) is 0 Å². The molecule has 0 amide bonds. The summed E-state index contributed by atoms with van der Waals surface area (Å²) in [6, 6.07) is 5.87. The summed E-state index contributed by atoms with van der Waals surface area (Å²) >= 11 is 11.4. The molecular formula is C17H12BrClN2OS. The van der Waals surface area contributed by atoms with Crippen LogP contribution >= 0.6 is 38.9 Å². The van der Waals surface area contributed by atoms with E-state index in [1.54, 1.807) is 36.5 Å². The van der Waals surface area contributed by atoms with Crippen LogP contribution < -0.4 is 5.32 Å². The second-order valence-electron chi connectivity index (χ2n) is 4.61. The minimum Gasteiger partial charge on any atom is -0.452 e. The largest absolute Gasteiger partial charge is 0.452 e. The van der Waals surface area contributed by atoms with Crippen LogP contribution in [0.4, 0.5) is 5.69 Å². The topological polar surface area (TPSA) is 38.1 Å². The van der Waals surface area contributed by atoms with Gasteiger partial charge in [0.15, 0.2) is 5.58 Å². The number of fused-ring (bicyclic) bond motifs is 1. The van der Waals surface area contributed by atoms with Gasteiger partial charge in [-0.2, -0.15) is 0 Å². The highest BCUT2D eigenvalue weighted by Gasteiger charge is 2.16. The molecule has 3 aromatic heterocycles. The molecule has 0 saturated heterocycles. The Kier molecular flexibility index (Phi) is 5.06. The number of aromatic nitrogens is 1. The van der Waals surface area contributed by atoms with Crippen LogP contribution in [-0.4, -0.2) is 4.98 Å². The van der Waals surface area contributed by atoms with Crippen molar-refractivity contribution in [3.8, 4) is 11.8 Å². The van der Waals surface area contributed by atoms with E-state index in [4.69, 9.17) is 16.0 Å². The first-order chi connectivity index (χ1) is 11.2. The minimum atomic E-state index is 0.413. The first-order valence-corrected chi connectivity index (χ1v) is 8.87. The molecule has 23 heavy (non-hydrogen) atoms. The van der Waals surface area contributed by atoms with Crippen LogP contribution in [-0.2, 0) is 6.54 Å². The summed E-state index contributed by atoms with van der Waals surface area (Å²) in [7, 11) is 0. The van der Waals surface area contributed by atoms with E-state index in [0.29, 0.717) is 28.6 Å². The zero-order valence-corrected chi connectivity index (χ0v) is 15.3. The molecule has 1 N–H and O–H groups in total. The van der Waals surface area contributed by atoms with Gasteiger partial charge in [-0.25, -0.2) is 4.98 Å². The number of halogens is 2. The first-order valence-electron chi connectivity index (χ1n) is 6.82. The van der Waals surface area contributed by atoms with E-state index in [9.17, 15) is 0 Å². The molecule has 0 aromatic carbocycles. The monoisotopic (exact) mass is 406 g/mol. The Morgan fingerprint density at radius 2 is 2.39 bits per heavy atom. The summed E-state index contributed by atoms with van der Waals surface area (Å²) in [6.45, 7) is 2.49. The Labute approximate surface area is 151 Å². The second kappa shape index (κ2) is 7.22. The van der Waals surface area contributed by atoms with Crippen molar-refractivity contribution in [2.75, 3.05) is 5.32 Å². The lowest BCUT2D eigenvalue weighted by Gasteiger charge is -2.05. The Morgan fingerprint density at radius 1 is 1.52 bits per heavy atom. The lowest BCUT2D eigenvalue weighted by molar-refractivity contribution is 0.602. The molecule has 3 nitrogen and oxygen atoms in total. The van der Waals surface area contributed by atoms with Gasteiger partial charge in [0.25, 0.3) is 0 Å². The van der Waals surface area contributed by atoms with Gasteiger partial charge in [-0.1, -0.05) is 23.6 Å². The van der Waals surface area contributed by atoms with Crippen LogP contribution in [0.2, 0.25) is 5.15 Å². The average molecular weight is 408 g/mol. The van der Waals surface area contributed by atoms with Crippen molar-refractivity contribution in [3.05, 3.63) is 49.9 Å². The number of nitrogens with one attached hydrogen (secondary N) is 1. The lowest BCUT2D eigenvalue weighted by Crippen LogP contribution is -1.98. The normalized spacial score (nSPS) is 10.9. The van der Waals surface area contributed by atoms with Crippen LogP contribution in [0.5, 0.6) is 0 Å². The van der Waals surface area contributed by atoms with Crippen molar-refractivity contribution in [1.29, 1.82) is 0 Å². The number of thiophene rings is 1. The Bertz CT molecular complexity index is 920. The first kappa shape index (κ1) is 16.1. The fourth-order valence-electron chi connectivity index (χ4n) is 2.06. The quantitative estimate of drug-likeness (QED) is 0.429. The molecule has 0 unspecified atom stereocenters. The summed E-state index contributed by atoms with van der Waals surface area (Å²) < 4.78 is 6.69. The third-order valence-electron chi connectivity index (χ3n) is 3.07. The molecule has 3 rings (SSSR count). The van der Waals surface area contributed by atoms with Crippen molar-refractivity contribution >= 4 is 61.7 Å². The third kappa shape index (κ3) is 3.61. The van der Waals surface area contributed by atoms with Crippen molar-refractivity contribution in [1.82, 2.24) is 4.98 Å². The number of furan rings is 1. The maximum Gasteiger partial charge on any atom is 0.177 e. The second-order valence-corrected chi connectivity index (χ2v) is 6.82. The standard InChI is InChI=1S/C17H12BrClN2OS/c1-2-3-4-7-13-15(18)16-17(22-13)12(9-14(19)21-16)20-10-11-6-5-8-23-11/h4-9H,10H2,1H3,(H,20,21)/b7-4-.